The van der Waals surface area contributed by atoms with Crippen molar-refractivity contribution in [3.05, 3.63) is 22.2 Å². The van der Waals surface area contributed by atoms with E-state index < -0.39 is 4.92 Å². The number of nitrogens with two attached hydrogens (primary N) is 2. The summed E-state index contributed by atoms with van der Waals surface area (Å²) in [6.45, 7) is 2.97. The molecule has 7 nitrogen and oxygen atoms in total. The highest BCUT2D eigenvalue weighted by Crippen LogP contribution is 2.29. The summed E-state index contributed by atoms with van der Waals surface area (Å²) in [6, 6.07) is 3.81. The summed E-state index contributed by atoms with van der Waals surface area (Å²) in [6.07, 6.45) is 5.06. The Bertz CT molecular complexity index is 500. The molecular weight excluding hydrogens is 270 g/mol. The normalized spacial score (nSPS) is 22.0. The van der Waals surface area contributed by atoms with Gasteiger partial charge in [-0.25, -0.2) is 4.98 Å². The predicted octanol–water partition coefficient (Wildman–Crippen LogP) is 2.06. The van der Waals surface area contributed by atoms with Crippen molar-refractivity contribution >= 4 is 17.3 Å². The van der Waals surface area contributed by atoms with Crippen molar-refractivity contribution in [2.45, 2.75) is 51.1 Å². The van der Waals surface area contributed by atoms with Gasteiger partial charge in [-0.15, -0.1) is 0 Å². The van der Waals surface area contributed by atoms with Crippen molar-refractivity contribution < 1.29 is 4.92 Å². The van der Waals surface area contributed by atoms with Gasteiger partial charge in [0.25, 0.3) is 0 Å². The van der Waals surface area contributed by atoms with Crippen LogP contribution in [0.5, 0.6) is 0 Å². The van der Waals surface area contributed by atoms with Gasteiger partial charge < -0.3 is 16.4 Å². The van der Waals surface area contributed by atoms with Gasteiger partial charge in [0.1, 0.15) is 5.82 Å². The zero-order valence-electron chi connectivity index (χ0n) is 12.4. The van der Waals surface area contributed by atoms with Crippen LogP contribution in [0, 0.1) is 10.1 Å². The third-order valence-electron chi connectivity index (χ3n) is 4.03. The predicted molar refractivity (Wildman–Crippen MR) is 83.2 cm³/mol. The van der Waals surface area contributed by atoms with Crippen molar-refractivity contribution in [1.29, 1.82) is 0 Å². The Morgan fingerprint density at radius 1 is 1.38 bits per heavy atom. The van der Waals surface area contributed by atoms with Gasteiger partial charge in [0.15, 0.2) is 0 Å². The Balaban J connectivity index is 2.21. The fourth-order valence-electron chi connectivity index (χ4n) is 2.91. The Morgan fingerprint density at radius 2 is 2.05 bits per heavy atom. The van der Waals surface area contributed by atoms with E-state index in [0.717, 1.165) is 44.5 Å². The van der Waals surface area contributed by atoms with Crippen molar-refractivity contribution in [3.63, 3.8) is 0 Å². The van der Waals surface area contributed by atoms with Gasteiger partial charge in [-0.3, -0.25) is 10.1 Å². The van der Waals surface area contributed by atoms with Crippen molar-refractivity contribution in [1.82, 2.24) is 4.98 Å². The van der Waals surface area contributed by atoms with Crippen LogP contribution < -0.4 is 16.4 Å². The third kappa shape index (κ3) is 3.60. The molecule has 0 unspecified atom stereocenters. The number of nitrogens with zero attached hydrogens (tertiary/aromatic N) is 3. The summed E-state index contributed by atoms with van der Waals surface area (Å²) in [5, 5.41) is 10.8. The Kier molecular flexibility index (Phi) is 4.95. The van der Waals surface area contributed by atoms with E-state index in [2.05, 4.69) is 16.8 Å². The summed E-state index contributed by atoms with van der Waals surface area (Å²) < 4.78 is 0. The molecule has 0 spiro atoms. The lowest BCUT2D eigenvalue weighted by Crippen LogP contribution is -2.41. The van der Waals surface area contributed by atoms with Crippen LogP contribution in [0.15, 0.2) is 12.1 Å². The summed E-state index contributed by atoms with van der Waals surface area (Å²) >= 11 is 0. The fraction of sp³-hybridized carbons (Fsp3) is 0.643. The second kappa shape index (κ2) is 6.71. The highest BCUT2D eigenvalue weighted by Gasteiger charge is 2.26. The molecular formula is C14H23N5O2. The molecule has 21 heavy (non-hydrogen) atoms. The first-order valence-electron chi connectivity index (χ1n) is 7.46. The second-order valence-corrected chi connectivity index (χ2v) is 5.59. The molecule has 1 aromatic heterocycles. The number of rotatable bonds is 5. The maximum atomic E-state index is 10.8. The summed E-state index contributed by atoms with van der Waals surface area (Å²) in [4.78, 5) is 16.8. The summed E-state index contributed by atoms with van der Waals surface area (Å²) in [5.41, 5.74) is 11.5. The first-order valence-corrected chi connectivity index (χ1v) is 7.46. The quantitative estimate of drug-likeness (QED) is 0.635. The molecule has 0 aliphatic heterocycles. The lowest BCUT2D eigenvalue weighted by Gasteiger charge is -2.36. The monoisotopic (exact) mass is 293 g/mol. The number of hydrogen-bond donors (Lipinski definition) is 2. The van der Waals surface area contributed by atoms with Crippen LogP contribution in [0.3, 0.4) is 0 Å². The molecule has 1 fully saturated rings. The number of nitro groups is 1. The van der Waals surface area contributed by atoms with E-state index in [9.17, 15) is 10.1 Å². The lowest BCUT2D eigenvalue weighted by molar-refractivity contribution is -0.384. The topological polar surface area (TPSA) is 111 Å². The molecule has 0 atom stereocenters. The van der Waals surface area contributed by atoms with Gasteiger partial charge >= 0.3 is 5.69 Å². The molecule has 0 aromatic carbocycles. The van der Waals surface area contributed by atoms with Gasteiger partial charge in [0, 0.05) is 24.7 Å². The maximum absolute atomic E-state index is 10.8. The van der Waals surface area contributed by atoms with Crippen molar-refractivity contribution in [2.24, 2.45) is 5.73 Å². The number of pyridine rings is 1. The maximum Gasteiger partial charge on any atom is 0.311 e. The average molecular weight is 293 g/mol. The number of nitrogen functional groups attached to an aromatic ring is 1. The van der Waals surface area contributed by atoms with Gasteiger partial charge in [-0.1, -0.05) is 6.92 Å². The second-order valence-electron chi connectivity index (χ2n) is 5.59. The SMILES string of the molecule is CCCN(c1ccc([N+](=O)[O-])c(N)n1)C1CCC(N)CC1. The average Bonchev–Trinajstić information content (AvgIpc) is 2.45. The molecule has 1 heterocycles. The van der Waals surface area contributed by atoms with E-state index in [1.54, 1.807) is 6.07 Å². The van der Waals surface area contributed by atoms with E-state index in [1.165, 1.54) is 6.07 Å². The van der Waals surface area contributed by atoms with E-state index in [0.29, 0.717) is 12.1 Å². The molecule has 0 amide bonds. The standard InChI is InChI=1S/C14H23N5O2/c1-2-9-18(11-5-3-10(15)4-6-11)13-8-7-12(19(20)21)14(16)17-13/h7-8,10-11H,2-6,9,15H2,1H3,(H2,16,17). The van der Waals surface area contributed by atoms with Crippen LogP contribution in [0.1, 0.15) is 39.0 Å². The van der Waals surface area contributed by atoms with E-state index in [1.807, 2.05) is 0 Å². The molecule has 0 bridgehead atoms. The van der Waals surface area contributed by atoms with Crippen LogP contribution in [-0.4, -0.2) is 28.5 Å². The zero-order chi connectivity index (χ0) is 15.4. The minimum absolute atomic E-state index is 0.0221. The molecule has 1 aliphatic carbocycles. The van der Waals surface area contributed by atoms with Crippen LogP contribution in [0.25, 0.3) is 0 Å². The molecule has 116 valence electrons. The van der Waals surface area contributed by atoms with Crippen LogP contribution in [0.4, 0.5) is 17.3 Å². The zero-order valence-corrected chi connectivity index (χ0v) is 12.4. The highest BCUT2D eigenvalue weighted by atomic mass is 16.6. The van der Waals surface area contributed by atoms with Crippen LogP contribution >= 0.6 is 0 Å². The molecule has 0 radical (unpaired) electrons. The summed E-state index contributed by atoms with van der Waals surface area (Å²) in [7, 11) is 0. The van der Waals surface area contributed by atoms with E-state index in [4.69, 9.17) is 11.5 Å². The van der Waals surface area contributed by atoms with Gasteiger partial charge in [-0.2, -0.15) is 0 Å². The molecule has 1 aliphatic rings. The third-order valence-corrected chi connectivity index (χ3v) is 4.03. The van der Waals surface area contributed by atoms with Crippen molar-refractivity contribution in [2.75, 3.05) is 17.2 Å². The lowest BCUT2D eigenvalue weighted by atomic mass is 9.90. The number of hydrogen-bond acceptors (Lipinski definition) is 6. The molecule has 2 rings (SSSR count). The van der Waals surface area contributed by atoms with E-state index >= 15 is 0 Å². The van der Waals surface area contributed by atoms with E-state index in [-0.39, 0.29) is 11.5 Å². The van der Waals surface area contributed by atoms with Crippen molar-refractivity contribution in [3.8, 4) is 0 Å². The van der Waals surface area contributed by atoms with Gasteiger partial charge in [-0.05, 0) is 38.2 Å². The smallest absolute Gasteiger partial charge is 0.311 e. The van der Waals surface area contributed by atoms with Gasteiger partial charge in [0.2, 0.25) is 5.82 Å². The Morgan fingerprint density at radius 3 is 2.57 bits per heavy atom. The fourth-order valence-corrected chi connectivity index (χ4v) is 2.91. The van der Waals surface area contributed by atoms with Crippen LogP contribution in [0.2, 0.25) is 0 Å². The number of aromatic nitrogens is 1. The molecule has 7 heteroatoms. The first kappa shape index (κ1) is 15.5. The minimum atomic E-state index is -0.504. The summed E-state index contributed by atoms with van der Waals surface area (Å²) in [5.74, 6) is 0.700. The largest absolute Gasteiger partial charge is 0.378 e. The molecule has 4 N–H and O–H groups in total. The molecule has 0 saturated heterocycles. The Hall–Kier alpha value is -1.89. The number of anilines is 2. The van der Waals surface area contributed by atoms with Crippen LogP contribution in [-0.2, 0) is 0 Å². The molecule has 1 aromatic rings. The minimum Gasteiger partial charge on any atom is -0.378 e. The highest BCUT2D eigenvalue weighted by molar-refractivity contribution is 5.58. The first-order chi connectivity index (χ1) is 10.0. The molecule has 1 saturated carbocycles. The van der Waals surface area contributed by atoms with Gasteiger partial charge in [0.05, 0.1) is 4.92 Å². The Labute approximate surface area is 124 Å².